The summed E-state index contributed by atoms with van der Waals surface area (Å²) in [5.41, 5.74) is 0.681. The highest BCUT2D eigenvalue weighted by atomic mass is 127. The number of piperidine rings is 1. The van der Waals surface area contributed by atoms with Crippen molar-refractivity contribution in [2.45, 2.75) is 25.3 Å². The normalized spacial score (nSPS) is 17.7. The van der Waals surface area contributed by atoms with Gasteiger partial charge in [-0.25, -0.2) is 0 Å². The van der Waals surface area contributed by atoms with Gasteiger partial charge < -0.3 is 10.6 Å². The third-order valence-corrected chi connectivity index (χ3v) is 3.88. The number of carbonyl (C=O) groups excluding carboxylic acids is 1. The van der Waals surface area contributed by atoms with Crippen LogP contribution in [0.3, 0.4) is 0 Å². The summed E-state index contributed by atoms with van der Waals surface area (Å²) < 4.78 is 1.09. The second-order valence-electron chi connectivity index (χ2n) is 4.78. The number of hydrogen-bond acceptors (Lipinski definition) is 2. The van der Waals surface area contributed by atoms with Crippen molar-refractivity contribution < 1.29 is 4.79 Å². The molecule has 2 rings (SSSR count). The quantitative estimate of drug-likeness (QED) is 0.774. The zero-order chi connectivity index (χ0) is 12.3. The van der Waals surface area contributed by atoms with Crippen LogP contribution >= 0.6 is 35.0 Å². The highest BCUT2D eigenvalue weighted by Gasteiger charge is 2.28. The first-order chi connectivity index (χ1) is 8.09. The van der Waals surface area contributed by atoms with E-state index in [0.29, 0.717) is 0 Å². The van der Waals surface area contributed by atoms with Gasteiger partial charge in [0.25, 0.3) is 5.91 Å². The minimum Gasteiger partial charge on any atom is -0.347 e. The number of rotatable bonds is 2. The number of carbonyl (C=O) groups is 1. The molecule has 0 radical (unpaired) electrons. The molecule has 1 fully saturated rings. The number of hydrogen-bond donors (Lipinski definition) is 2. The molecule has 1 heterocycles. The molecule has 0 atom stereocenters. The van der Waals surface area contributed by atoms with E-state index in [4.69, 9.17) is 0 Å². The van der Waals surface area contributed by atoms with E-state index in [1.807, 2.05) is 24.3 Å². The van der Waals surface area contributed by atoms with Crippen LogP contribution in [-0.4, -0.2) is 24.5 Å². The molecule has 0 aliphatic carbocycles. The summed E-state index contributed by atoms with van der Waals surface area (Å²) in [7, 11) is 0. The summed E-state index contributed by atoms with van der Waals surface area (Å²) in [6, 6.07) is 7.69. The summed E-state index contributed by atoms with van der Waals surface area (Å²) in [5, 5.41) is 6.47. The second-order valence-corrected chi connectivity index (χ2v) is 6.02. The SMILES string of the molecule is CC1(NC(=O)c2cccc(I)c2)CCNCC1.Cl. The molecule has 0 spiro atoms. The number of nitrogens with one attached hydrogen (secondary N) is 2. The van der Waals surface area contributed by atoms with Gasteiger partial charge in [0.2, 0.25) is 0 Å². The van der Waals surface area contributed by atoms with Gasteiger partial charge in [0.1, 0.15) is 0 Å². The molecule has 3 nitrogen and oxygen atoms in total. The molecule has 1 amide bonds. The van der Waals surface area contributed by atoms with E-state index in [1.54, 1.807) is 0 Å². The Bertz CT molecular complexity index is 419. The maximum absolute atomic E-state index is 12.1. The van der Waals surface area contributed by atoms with Gasteiger partial charge in [-0.05, 0) is 73.6 Å². The first kappa shape index (κ1) is 15.7. The third-order valence-electron chi connectivity index (χ3n) is 3.21. The molecule has 0 aromatic heterocycles. The minimum atomic E-state index is -0.0659. The lowest BCUT2D eigenvalue weighted by molar-refractivity contribution is 0.0887. The molecule has 2 N–H and O–H groups in total. The van der Waals surface area contributed by atoms with Crippen LogP contribution < -0.4 is 10.6 Å². The molecule has 18 heavy (non-hydrogen) atoms. The monoisotopic (exact) mass is 380 g/mol. The number of amides is 1. The Kier molecular flexibility index (Phi) is 5.88. The van der Waals surface area contributed by atoms with Gasteiger partial charge in [0.05, 0.1) is 0 Å². The highest BCUT2D eigenvalue weighted by Crippen LogP contribution is 2.18. The Labute approximate surface area is 128 Å². The molecule has 1 aromatic carbocycles. The summed E-state index contributed by atoms with van der Waals surface area (Å²) >= 11 is 2.22. The van der Waals surface area contributed by atoms with Crippen LogP contribution in [-0.2, 0) is 0 Å². The molecular weight excluding hydrogens is 363 g/mol. The lowest BCUT2D eigenvalue weighted by Crippen LogP contribution is -2.52. The van der Waals surface area contributed by atoms with Gasteiger partial charge in [0.15, 0.2) is 0 Å². The minimum absolute atomic E-state index is 0. The molecule has 0 saturated carbocycles. The largest absolute Gasteiger partial charge is 0.347 e. The second kappa shape index (κ2) is 6.73. The molecular formula is C13H18ClIN2O. The van der Waals surface area contributed by atoms with Crippen LogP contribution in [0, 0.1) is 3.57 Å². The van der Waals surface area contributed by atoms with Crippen molar-refractivity contribution in [2.24, 2.45) is 0 Å². The van der Waals surface area contributed by atoms with E-state index in [0.717, 1.165) is 35.1 Å². The van der Waals surface area contributed by atoms with Gasteiger partial charge >= 0.3 is 0 Å². The van der Waals surface area contributed by atoms with Crippen LogP contribution in [0.4, 0.5) is 0 Å². The van der Waals surface area contributed by atoms with Crippen molar-refractivity contribution >= 4 is 40.9 Å². The summed E-state index contributed by atoms with van der Waals surface area (Å²) in [6.07, 6.45) is 1.98. The van der Waals surface area contributed by atoms with Crippen LogP contribution in [0.25, 0.3) is 0 Å². The summed E-state index contributed by atoms with van der Waals surface area (Å²) in [5.74, 6) is 0.0351. The Hall–Kier alpha value is -0.330. The molecule has 100 valence electrons. The topological polar surface area (TPSA) is 41.1 Å². The Morgan fingerprint density at radius 3 is 2.67 bits per heavy atom. The van der Waals surface area contributed by atoms with Crippen molar-refractivity contribution in [3.05, 3.63) is 33.4 Å². The van der Waals surface area contributed by atoms with Gasteiger partial charge in [-0.1, -0.05) is 6.07 Å². The maximum Gasteiger partial charge on any atom is 0.251 e. The van der Waals surface area contributed by atoms with Crippen molar-refractivity contribution in [1.82, 2.24) is 10.6 Å². The third kappa shape index (κ3) is 4.10. The zero-order valence-electron chi connectivity index (χ0n) is 10.3. The molecule has 0 bridgehead atoms. The van der Waals surface area contributed by atoms with Gasteiger partial charge in [-0.15, -0.1) is 12.4 Å². The molecule has 1 saturated heterocycles. The Balaban J connectivity index is 0.00000162. The smallest absolute Gasteiger partial charge is 0.251 e. The van der Waals surface area contributed by atoms with Crippen molar-refractivity contribution in [3.8, 4) is 0 Å². The molecule has 1 aliphatic heterocycles. The first-order valence-corrected chi connectivity index (χ1v) is 6.96. The fraction of sp³-hybridized carbons (Fsp3) is 0.462. The van der Waals surface area contributed by atoms with Gasteiger partial charge in [-0.3, -0.25) is 4.79 Å². The van der Waals surface area contributed by atoms with Crippen molar-refractivity contribution in [2.75, 3.05) is 13.1 Å². The highest BCUT2D eigenvalue weighted by molar-refractivity contribution is 14.1. The van der Waals surface area contributed by atoms with Gasteiger partial charge in [0, 0.05) is 14.7 Å². The molecule has 0 unspecified atom stereocenters. The number of halogens is 2. The van der Waals surface area contributed by atoms with E-state index in [-0.39, 0.29) is 23.9 Å². The van der Waals surface area contributed by atoms with E-state index in [9.17, 15) is 4.79 Å². The van der Waals surface area contributed by atoms with Crippen molar-refractivity contribution in [3.63, 3.8) is 0 Å². The lowest BCUT2D eigenvalue weighted by atomic mass is 9.90. The van der Waals surface area contributed by atoms with E-state index in [1.165, 1.54) is 0 Å². The average molecular weight is 381 g/mol. The average Bonchev–Trinajstić information content (AvgIpc) is 2.29. The molecule has 1 aromatic rings. The maximum atomic E-state index is 12.1. The van der Waals surface area contributed by atoms with E-state index < -0.39 is 0 Å². The Morgan fingerprint density at radius 2 is 2.06 bits per heavy atom. The van der Waals surface area contributed by atoms with Crippen LogP contribution in [0.2, 0.25) is 0 Å². The van der Waals surface area contributed by atoms with Crippen LogP contribution in [0.15, 0.2) is 24.3 Å². The van der Waals surface area contributed by atoms with Crippen molar-refractivity contribution in [1.29, 1.82) is 0 Å². The summed E-state index contributed by atoms with van der Waals surface area (Å²) in [4.78, 5) is 12.1. The lowest BCUT2D eigenvalue weighted by Gasteiger charge is -2.35. The number of benzene rings is 1. The predicted octanol–water partition coefficient (Wildman–Crippen LogP) is 2.58. The van der Waals surface area contributed by atoms with E-state index in [2.05, 4.69) is 40.1 Å². The van der Waals surface area contributed by atoms with Crippen LogP contribution in [0.1, 0.15) is 30.1 Å². The zero-order valence-corrected chi connectivity index (χ0v) is 13.3. The van der Waals surface area contributed by atoms with Crippen LogP contribution in [0.5, 0.6) is 0 Å². The van der Waals surface area contributed by atoms with E-state index >= 15 is 0 Å². The van der Waals surface area contributed by atoms with Gasteiger partial charge in [-0.2, -0.15) is 0 Å². The standard InChI is InChI=1S/C13H17IN2O.ClH/c1-13(5-7-15-8-6-13)16-12(17)10-3-2-4-11(14)9-10;/h2-4,9,15H,5-8H2,1H3,(H,16,17);1H. The first-order valence-electron chi connectivity index (χ1n) is 5.88. The fourth-order valence-electron chi connectivity index (χ4n) is 2.08. The Morgan fingerprint density at radius 1 is 1.39 bits per heavy atom. The molecule has 5 heteroatoms. The fourth-order valence-corrected chi connectivity index (χ4v) is 2.62. The predicted molar refractivity (Wildman–Crippen MR) is 84.4 cm³/mol. The molecule has 1 aliphatic rings. The summed E-state index contributed by atoms with van der Waals surface area (Å²) in [6.45, 7) is 4.08.